The van der Waals surface area contributed by atoms with Gasteiger partial charge < -0.3 is 10.6 Å². The first-order valence-corrected chi connectivity index (χ1v) is 6.42. The van der Waals surface area contributed by atoms with E-state index in [0.717, 1.165) is 19.5 Å². The predicted molar refractivity (Wildman–Crippen MR) is 64.1 cm³/mol. The Kier molecular flexibility index (Phi) is 3.82. The van der Waals surface area contributed by atoms with Gasteiger partial charge in [-0.15, -0.1) is 0 Å². The normalized spacial score (nSPS) is 20.2. The average molecular weight is 225 g/mol. The van der Waals surface area contributed by atoms with Crippen molar-refractivity contribution in [2.45, 2.75) is 44.2 Å². The minimum atomic E-state index is 0.284. The predicted octanol–water partition coefficient (Wildman–Crippen LogP) is 0.420. The van der Waals surface area contributed by atoms with Crippen molar-refractivity contribution in [3.63, 3.8) is 0 Å². The lowest BCUT2D eigenvalue weighted by atomic mass is 10.3. The molecule has 0 bridgehead atoms. The molecule has 0 radical (unpaired) electrons. The van der Waals surface area contributed by atoms with Gasteiger partial charge in [0.2, 0.25) is 5.91 Å². The second-order valence-electron chi connectivity index (χ2n) is 5.08. The van der Waals surface area contributed by atoms with Gasteiger partial charge in [0.25, 0.3) is 0 Å². The zero-order valence-electron chi connectivity index (χ0n) is 10.2. The van der Waals surface area contributed by atoms with Gasteiger partial charge in [0.15, 0.2) is 0 Å². The van der Waals surface area contributed by atoms with E-state index in [4.69, 9.17) is 5.73 Å². The average Bonchev–Trinajstić information content (AvgIpc) is 3.15. The van der Waals surface area contributed by atoms with Crippen LogP contribution in [0, 0.1) is 0 Å². The van der Waals surface area contributed by atoms with Crippen LogP contribution in [0.1, 0.15) is 32.1 Å². The summed E-state index contributed by atoms with van der Waals surface area (Å²) in [5, 5.41) is 0. The summed E-state index contributed by atoms with van der Waals surface area (Å²) in [4.78, 5) is 16.2. The summed E-state index contributed by atoms with van der Waals surface area (Å²) in [6.45, 7) is 2.29. The number of rotatable bonds is 7. The van der Waals surface area contributed by atoms with Gasteiger partial charge in [0, 0.05) is 25.7 Å². The molecule has 0 aliphatic heterocycles. The summed E-state index contributed by atoms with van der Waals surface area (Å²) in [6, 6.07) is 1.19. The first-order valence-electron chi connectivity index (χ1n) is 6.42. The lowest BCUT2D eigenvalue weighted by Crippen LogP contribution is -2.41. The van der Waals surface area contributed by atoms with Crippen LogP contribution in [0.4, 0.5) is 0 Å². The Balaban J connectivity index is 1.77. The number of nitrogens with zero attached hydrogens (tertiary/aromatic N) is 2. The van der Waals surface area contributed by atoms with Crippen molar-refractivity contribution >= 4 is 5.91 Å². The van der Waals surface area contributed by atoms with E-state index in [1.165, 1.54) is 25.7 Å². The maximum atomic E-state index is 12.0. The van der Waals surface area contributed by atoms with Gasteiger partial charge in [0.05, 0.1) is 6.54 Å². The van der Waals surface area contributed by atoms with Crippen molar-refractivity contribution in [2.75, 3.05) is 26.7 Å². The molecule has 1 amide bonds. The molecule has 2 fully saturated rings. The number of carbonyl (C=O) groups is 1. The SMILES string of the molecule is CN(C(=O)CN(CCCN)C1CC1)C1CC1. The van der Waals surface area contributed by atoms with Crippen LogP contribution < -0.4 is 5.73 Å². The van der Waals surface area contributed by atoms with Crippen LogP contribution in [-0.2, 0) is 4.79 Å². The lowest BCUT2D eigenvalue weighted by molar-refractivity contribution is -0.131. The molecule has 0 spiro atoms. The van der Waals surface area contributed by atoms with Crippen LogP contribution in [0.25, 0.3) is 0 Å². The monoisotopic (exact) mass is 225 g/mol. The largest absolute Gasteiger partial charge is 0.342 e. The van der Waals surface area contributed by atoms with Crippen LogP contribution in [0.15, 0.2) is 0 Å². The summed E-state index contributed by atoms with van der Waals surface area (Å²) in [5.41, 5.74) is 5.52. The number of nitrogens with two attached hydrogens (primary N) is 1. The number of hydrogen-bond donors (Lipinski definition) is 1. The van der Waals surface area contributed by atoms with E-state index in [2.05, 4.69) is 4.90 Å². The molecule has 0 heterocycles. The summed E-state index contributed by atoms with van der Waals surface area (Å²) in [6.07, 6.45) is 5.88. The summed E-state index contributed by atoms with van der Waals surface area (Å²) in [7, 11) is 1.94. The molecule has 16 heavy (non-hydrogen) atoms. The molecule has 0 unspecified atom stereocenters. The van der Waals surface area contributed by atoms with Crippen LogP contribution in [0.2, 0.25) is 0 Å². The highest BCUT2D eigenvalue weighted by Crippen LogP contribution is 2.28. The topological polar surface area (TPSA) is 49.6 Å². The third-order valence-corrected chi connectivity index (χ3v) is 3.54. The van der Waals surface area contributed by atoms with Crippen molar-refractivity contribution < 1.29 is 4.79 Å². The van der Waals surface area contributed by atoms with E-state index < -0.39 is 0 Å². The van der Waals surface area contributed by atoms with E-state index in [1.807, 2.05) is 11.9 Å². The quantitative estimate of drug-likeness (QED) is 0.683. The highest BCUT2D eigenvalue weighted by atomic mass is 16.2. The van der Waals surface area contributed by atoms with Crippen LogP contribution >= 0.6 is 0 Å². The van der Waals surface area contributed by atoms with E-state index in [0.29, 0.717) is 18.6 Å². The highest BCUT2D eigenvalue weighted by Gasteiger charge is 2.33. The molecular weight excluding hydrogens is 202 g/mol. The van der Waals surface area contributed by atoms with Crippen molar-refractivity contribution in [3.8, 4) is 0 Å². The smallest absolute Gasteiger partial charge is 0.236 e. The maximum Gasteiger partial charge on any atom is 0.236 e. The number of amides is 1. The van der Waals surface area contributed by atoms with Crippen molar-refractivity contribution in [1.82, 2.24) is 9.80 Å². The molecule has 2 rings (SSSR count). The second kappa shape index (κ2) is 5.15. The molecule has 0 aromatic carbocycles. The fraction of sp³-hybridized carbons (Fsp3) is 0.917. The molecule has 0 atom stereocenters. The Bertz CT molecular complexity index is 249. The van der Waals surface area contributed by atoms with Gasteiger partial charge in [-0.2, -0.15) is 0 Å². The summed E-state index contributed by atoms with van der Waals surface area (Å²) >= 11 is 0. The van der Waals surface area contributed by atoms with Crippen LogP contribution in [0.5, 0.6) is 0 Å². The second-order valence-corrected chi connectivity index (χ2v) is 5.08. The summed E-state index contributed by atoms with van der Waals surface area (Å²) < 4.78 is 0. The maximum absolute atomic E-state index is 12.0. The van der Waals surface area contributed by atoms with E-state index in [-0.39, 0.29) is 5.91 Å². The van der Waals surface area contributed by atoms with Gasteiger partial charge in [0.1, 0.15) is 0 Å². The Hall–Kier alpha value is -0.610. The Morgan fingerprint density at radius 2 is 1.88 bits per heavy atom. The number of likely N-dealkylation sites (N-methyl/N-ethyl adjacent to an activating group) is 1. The van der Waals surface area contributed by atoms with Crippen LogP contribution in [-0.4, -0.2) is 54.5 Å². The molecule has 2 N–H and O–H groups in total. The molecule has 0 aromatic rings. The van der Waals surface area contributed by atoms with E-state index in [1.54, 1.807) is 0 Å². The third-order valence-electron chi connectivity index (χ3n) is 3.54. The molecule has 0 saturated heterocycles. The minimum Gasteiger partial charge on any atom is -0.342 e. The molecule has 2 saturated carbocycles. The van der Waals surface area contributed by atoms with Gasteiger partial charge in [-0.3, -0.25) is 9.69 Å². The van der Waals surface area contributed by atoms with Crippen molar-refractivity contribution in [2.24, 2.45) is 5.73 Å². The number of carbonyl (C=O) groups excluding carboxylic acids is 1. The molecule has 2 aliphatic carbocycles. The lowest BCUT2D eigenvalue weighted by Gasteiger charge is -2.24. The van der Waals surface area contributed by atoms with Crippen molar-refractivity contribution in [1.29, 1.82) is 0 Å². The fourth-order valence-electron chi connectivity index (χ4n) is 2.08. The Morgan fingerprint density at radius 1 is 1.25 bits per heavy atom. The molecule has 4 heteroatoms. The van der Waals surface area contributed by atoms with Crippen LogP contribution in [0.3, 0.4) is 0 Å². The van der Waals surface area contributed by atoms with E-state index in [9.17, 15) is 4.79 Å². The zero-order chi connectivity index (χ0) is 11.5. The molecule has 0 aromatic heterocycles. The molecule has 2 aliphatic rings. The van der Waals surface area contributed by atoms with Gasteiger partial charge in [-0.1, -0.05) is 0 Å². The molecular formula is C12H23N3O. The third kappa shape index (κ3) is 3.19. The Morgan fingerprint density at radius 3 is 2.38 bits per heavy atom. The number of hydrogen-bond acceptors (Lipinski definition) is 3. The first kappa shape index (κ1) is 11.9. The fourth-order valence-corrected chi connectivity index (χ4v) is 2.08. The Labute approximate surface area is 97.8 Å². The highest BCUT2D eigenvalue weighted by molar-refractivity contribution is 5.78. The van der Waals surface area contributed by atoms with E-state index >= 15 is 0 Å². The van der Waals surface area contributed by atoms with Gasteiger partial charge >= 0.3 is 0 Å². The van der Waals surface area contributed by atoms with Gasteiger partial charge in [-0.05, 0) is 38.6 Å². The molecule has 4 nitrogen and oxygen atoms in total. The van der Waals surface area contributed by atoms with Crippen molar-refractivity contribution in [3.05, 3.63) is 0 Å². The zero-order valence-corrected chi connectivity index (χ0v) is 10.2. The van der Waals surface area contributed by atoms with Gasteiger partial charge in [-0.25, -0.2) is 0 Å². The minimum absolute atomic E-state index is 0.284. The first-order chi connectivity index (χ1) is 7.72. The standard InChI is InChI=1S/C12H23N3O/c1-14(10-3-4-10)12(16)9-15(8-2-7-13)11-5-6-11/h10-11H,2-9,13H2,1H3. The molecule has 92 valence electrons. The summed E-state index contributed by atoms with van der Waals surface area (Å²) in [5.74, 6) is 0.284.